The molecule has 2 saturated carbocycles. The van der Waals surface area contributed by atoms with Crippen LogP contribution in [0.2, 0.25) is 0 Å². The van der Waals surface area contributed by atoms with Crippen molar-refractivity contribution in [3.05, 3.63) is 46.1 Å². The molecule has 1 aliphatic heterocycles. The van der Waals surface area contributed by atoms with Gasteiger partial charge in [-0.15, -0.1) is 0 Å². The first kappa shape index (κ1) is 23.7. The van der Waals surface area contributed by atoms with Gasteiger partial charge in [0.25, 0.3) is 0 Å². The van der Waals surface area contributed by atoms with Crippen LogP contribution in [-0.2, 0) is 14.3 Å². The summed E-state index contributed by atoms with van der Waals surface area (Å²) in [5, 5.41) is 31.4. The maximum absolute atomic E-state index is 13.1. The van der Waals surface area contributed by atoms with E-state index in [0.717, 1.165) is 41.6 Å². The minimum Gasteiger partial charge on any atom is -0.454 e. The zero-order chi connectivity index (χ0) is 24.6. The van der Waals surface area contributed by atoms with Crippen molar-refractivity contribution in [3.63, 3.8) is 0 Å². The smallest absolute Gasteiger partial charge is 0.336 e. The first-order valence-electron chi connectivity index (χ1n) is 12.5. The van der Waals surface area contributed by atoms with E-state index in [2.05, 4.69) is 13.0 Å². The second-order valence-corrected chi connectivity index (χ2v) is 11.5. The molecule has 0 saturated heterocycles. The number of cyclic esters (lactones) is 1. The van der Waals surface area contributed by atoms with Crippen molar-refractivity contribution < 1.29 is 29.6 Å². The van der Waals surface area contributed by atoms with Gasteiger partial charge in [-0.25, -0.2) is 4.79 Å². The van der Waals surface area contributed by atoms with Gasteiger partial charge >= 0.3 is 5.97 Å². The molecule has 0 aromatic carbocycles. The number of aliphatic hydroxyl groups is 3. The monoisotopic (exact) mass is 468 g/mol. The van der Waals surface area contributed by atoms with E-state index in [-0.39, 0.29) is 35.6 Å². The van der Waals surface area contributed by atoms with Gasteiger partial charge in [0, 0.05) is 6.42 Å². The molecule has 3 N–H and O–H groups in total. The fourth-order valence-electron chi connectivity index (χ4n) is 8.20. The first-order chi connectivity index (χ1) is 16.0. The molecule has 184 valence electrons. The average molecular weight is 469 g/mol. The normalized spacial score (nSPS) is 45.3. The lowest BCUT2D eigenvalue weighted by molar-refractivity contribution is -0.144. The number of allylic oxidation sites excluding steroid dienone is 2. The highest BCUT2D eigenvalue weighted by atomic mass is 16.5. The maximum Gasteiger partial charge on any atom is 0.336 e. The van der Waals surface area contributed by atoms with Crippen LogP contribution in [0, 0.1) is 28.6 Å². The topological polar surface area (TPSA) is 104 Å². The van der Waals surface area contributed by atoms with E-state index in [0.29, 0.717) is 18.4 Å². The Morgan fingerprint density at radius 1 is 1.21 bits per heavy atom. The summed E-state index contributed by atoms with van der Waals surface area (Å²) >= 11 is 0. The molecule has 5 rings (SSSR count). The third-order valence-corrected chi connectivity index (χ3v) is 10.0. The Morgan fingerprint density at radius 3 is 2.62 bits per heavy atom. The number of esters is 1. The molecular weight excluding hydrogens is 432 g/mol. The number of carbonyl (C=O) groups excluding carboxylic acids is 2. The third-order valence-electron chi connectivity index (χ3n) is 10.0. The summed E-state index contributed by atoms with van der Waals surface area (Å²) in [5.74, 6) is 0.180. The second kappa shape index (κ2) is 8.00. The molecule has 8 atom stereocenters. The molecule has 1 heterocycles. The van der Waals surface area contributed by atoms with Crippen LogP contribution < -0.4 is 0 Å². The Bertz CT molecular complexity index is 1060. The summed E-state index contributed by atoms with van der Waals surface area (Å²) in [4.78, 5) is 25.5. The van der Waals surface area contributed by atoms with Gasteiger partial charge in [0.15, 0.2) is 5.78 Å². The van der Waals surface area contributed by atoms with Gasteiger partial charge in [0.2, 0.25) is 0 Å². The summed E-state index contributed by atoms with van der Waals surface area (Å²) in [6.07, 6.45) is 7.12. The van der Waals surface area contributed by atoms with Crippen LogP contribution in [0.3, 0.4) is 0 Å². The molecule has 0 aromatic rings. The highest BCUT2D eigenvalue weighted by Crippen LogP contribution is 2.65. The van der Waals surface area contributed by atoms with Crippen LogP contribution in [0.1, 0.15) is 59.8 Å². The van der Waals surface area contributed by atoms with Gasteiger partial charge in [0.05, 0.1) is 29.8 Å². The summed E-state index contributed by atoms with van der Waals surface area (Å²) in [7, 11) is 0. The number of carbonyl (C=O) groups is 2. The van der Waals surface area contributed by atoms with Crippen molar-refractivity contribution in [1.82, 2.24) is 0 Å². The fourth-order valence-corrected chi connectivity index (χ4v) is 8.20. The number of ketones is 1. The molecule has 0 bridgehead atoms. The number of fused-ring (bicyclic) bond motifs is 5. The standard InChI is InChI=1S/C28H36O6/c1-14-11-23(34-26(33)17(14)13-29)15(2)25-22(31)12-20-16-5-6-19-21(30)7-8-24(32)28(19,4)18(16)9-10-27(20,25)3/h6-8,16,18,20-23,29-31H,5,9-13H2,1-4H3/b25-15+/t16-,18+,20+,21+,22+,23-,27+,28-/m1/s1. The van der Waals surface area contributed by atoms with Gasteiger partial charge in [-0.3, -0.25) is 4.79 Å². The predicted octanol–water partition coefficient (Wildman–Crippen LogP) is 3.18. The van der Waals surface area contributed by atoms with Crippen LogP contribution in [0.15, 0.2) is 46.1 Å². The Kier molecular flexibility index (Phi) is 5.58. The zero-order valence-electron chi connectivity index (χ0n) is 20.5. The molecular formula is C28H36O6. The van der Waals surface area contributed by atoms with E-state index in [1.54, 1.807) is 12.2 Å². The molecule has 4 aliphatic carbocycles. The molecule has 0 radical (unpaired) electrons. The van der Waals surface area contributed by atoms with E-state index in [9.17, 15) is 24.9 Å². The first-order valence-corrected chi connectivity index (χ1v) is 12.5. The lowest BCUT2D eigenvalue weighted by atomic mass is 9.48. The minimum absolute atomic E-state index is 0.0731. The van der Waals surface area contributed by atoms with E-state index in [1.165, 1.54) is 0 Å². The predicted molar refractivity (Wildman–Crippen MR) is 126 cm³/mol. The summed E-state index contributed by atoms with van der Waals surface area (Å²) in [6, 6.07) is 0. The van der Waals surface area contributed by atoms with Crippen molar-refractivity contribution in [2.45, 2.75) is 78.1 Å². The van der Waals surface area contributed by atoms with Gasteiger partial charge in [-0.2, -0.15) is 0 Å². The molecule has 0 amide bonds. The molecule has 34 heavy (non-hydrogen) atoms. The SMILES string of the molecule is CC1=C(CO)C(=O)O[C@@H](/C(C)=C2\[C@@H](O)C[C@H]3[C@@H]4CC=C5[C@@H](O)C=CC(=O)[C@]5(C)[C@H]4CC[C@]23C)C1. The number of aliphatic hydroxyl groups excluding tert-OH is 3. The van der Waals surface area contributed by atoms with Crippen molar-refractivity contribution in [2.75, 3.05) is 6.61 Å². The minimum atomic E-state index is -0.704. The number of ether oxygens (including phenoxy) is 1. The molecule has 0 unspecified atom stereocenters. The zero-order valence-corrected chi connectivity index (χ0v) is 20.5. The third kappa shape index (κ3) is 3.11. The largest absolute Gasteiger partial charge is 0.454 e. The molecule has 0 spiro atoms. The fraction of sp³-hybridized carbons (Fsp3) is 0.643. The van der Waals surface area contributed by atoms with Crippen molar-refractivity contribution >= 4 is 11.8 Å². The van der Waals surface area contributed by atoms with E-state index in [4.69, 9.17) is 4.74 Å². The van der Waals surface area contributed by atoms with Crippen molar-refractivity contribution in [3.8, 4) is 0 Å². The van der Waals surface area contributed by atoms with Crippen molar-refractivity contribution in [1.29, 1.82) is 0 Å². The molecule has 5 aliphatic rings. The second-order valence-electron chi connectivity index (χ2n) is 11.5. The average Bonchev–Trinajstić information content (AvgIpc) is 3.06. The van der Waals surface area contributed by atoms with Gasteiger partial charge < -0.3 is 20.1 Å². The number of hydrogen-bond donors (Lipinski definition) is 3. The van der Waals surface area contributed by atoms with Gasteiger partial charge in [-0.05, 0) is 98.5 Å². The number of rotatable bonds is 2. The quantitative estimate of drug-likeness (QED) is 0.425. The highest BCUT2D eigenvalue weighted by Gasteiger charge is 2.61. The van der Waals surface area contributed by atoms with Gasteiger partial charge in [-0.1, -0.05) is 18.6 Å². The van der Waals surface area contributed by atoms with Crippen LogP contribution >= 0.6 is 0 Å². The molecule has 0 aromatic heterocycles. The Hall–Kier alpha value is -2.02. The van der Waals surface area contributed by atoms with Crippen LogP contribution in [0.5, 0.6) is 0 Å². The highest BCUT2D eigenvalue weighted by molar-refractivity contribution is 5.99. The van der Waals surface area contributed by atoms with E-state index < -0.39 is 29.7 Å². The molecule has 6 nitrogen and oxygen atoms in total. The number of hydrogen-bond acceptors (Lipinski definition) is 6. The maximum atomic E-state index is 13.1. The molecule has 6 heteroatoms. The Labute approximate surface area is 201 Å². The Balaban J connectivity index is 1.50. The van der Waals surface area contributed by atoms with Crippen LogP contribution in [0.4, 0.5) is 0 Å². The van der Waals surface area contributed by atoms with Gasteiger partial charge in [0.1, 0.15) is 6.10 Å². The van der Waals surface area contributed by atoms with Crippen molar-refractivity contribution in [2.24, 2.45) is 28.6 Å². The van der Waals surface area contributed by atoms with Crippen LogP contribution in [-0.4, -0.2) is 52.0 Å². The summed E-state index contributed by atoms with van der Waals surface area (Å²) in [6.45, 7) is 7.73. The lowest BCUT2D eigenvalue weighted by Gasteiger charge is -2.55. The summed E-state index contributed by atoms with van der Waals surface area (Å²) < 4.78 is 5.71. The Morgan fingerprint density at radius 2 is 1.94 bits per heavy atom. The lowest BCUT2D eigenvalue weighted by Crippen LogP contribution is -2.53. The van der Waals surface area contributed by atoms with Crippen LogP contribution in [0.25, 0.3) is 0 Å². The molecule has 2 fully saturated rings. The van der Waals surface area contributed by atoms with E-state index in [1.807, 2.05) is 20.8 Å². The van der Waals surface area contributed by atoms with E-state index >= 15 is 0 Å². The summed E-state index contributed by atoms with van der Waals surface area (Å²) in [5.41, 5.74) is 2.99.